The van der Waals surface area contributed by atoms with Crippen molar-refractivity contribution in [3.05, 3.63) is 113 Å². The summed E-state index contributed by atoms with van der Waals surface area (Å²) in [6.45, 7) is 0.722. The minimum atomic E-state index is -0.588. The fourth-order valence-corrected chi connectivity index (χ4v) is 5.34. The van der Waals surface area contributed by atoms with Gasteiger partial charge in [0.1, 0.15) is 23.7 Å². The smallest absolute Gasteiger partial charge is 0.184 e. The van der Waals surface area contributed by atoms with Gasteiger partial charge in [0.2, 0.25) is 0 Å². The van der Waals surface area contributed by atoms with Gasteiger partial charge in [-0.15, -0.1) is 0 Å². The van der Waals surface area contributed by atoms with Gasteiger partial charge in [0, 0.05) is 15.4 Å². The van der Waals surface area contributed by atoms with E-state index in [1.165, 1.54) is 11.8 Å². The van der Waals surface area contributed by atoms with Crippen LogP contribution in [0, 0.1) is 0 Å². The Morgan fingerprint density at radius 2 is 1.59 bits per heavy atom. The fourth-order valence-electron chi connectivity index (χ4n) is 4.21. The van der Waals surface area contributed by atoms with Crippen molar-refractivity contribution in [2.75, 3.05) is 6.61 Å². The van der Waals surface area contributed by atoms with E-state index in [2.05, 4.69) is 10.0 Å². The molecule has 2 heterocycles. The van der Waals surface area contributed by atoms with Gasteiger partial charge < -0.3 is 18.9 Å². The van der Waals surface area contributed by atoms with Gasteiger partial charge in [0.15, 0.2) is 6.29 Å². The summed E-state index contributed by atoms with van der Waals surface area (Å²) in [4.78, 5) is 4.16. The van der Waals surface area contributed by atoms with Crippen LogP contribution in [0.3, 0.4) is 0 Å². The van der Waals surface area contributed by atoms with E-state index in [1.54, 1.807) is 0 Å². The first-order valence-corrected chi connectivity index (χ1v) is 12.1. The summed E-state index contributed by atoms with van der Waals surface area (Å²) in [6.07, 6.45) is -1.86. The Balaban J connectivity index is 1.43. The van der Waals surface area contributed by atoms with Gasteiger partial charge in [0.05, 0.1) is 19.3 Å². The number of benzene rings is 3. The van der Waals surface area contributed by atoms with Gasteiger partial charge in [0.25, 0.3) is 0 Å². The summed E-state index contributed by atoms with van der Waals surface area (Å²) >= 11 is 1.51. The minimum Gasteiger partial charge on any atom is -0.370 e. The lowest BCUT2D eigenvalue weighted by atomic mass is 9.97. The second-order valence-corrected chi connectivity index (χ2v) is 9.28. The highest BCUT2D eigenvalue weighted by molar-refractivity contribution is 7.99. The highest BCUT2D eigenvalue weighted by Crippen LogP contribution is 2.41. The summed E-state index contributed by atoms with van der Waals surface area (Å²) in [5.74, 6) is 0. The second kappa shape index (κ2) is 11.1. The van der Waals surface area contributed by atoms with Gasteiger partial charge in [-0.05, 0) is 23.2 Å². The molecule has 1 unspecified atom stereocenters. The Labute approximate surface area is 202 Å². The van der Waals surface area contributed by atoms with Crippen molar-refractivity contribution in [3.63, 3.8) is 0 Å². The number of thioether (sulfide) groups is 1. The molecule has 0 amide bonds. The van der Waals surface area contributed by atoms with Crippen LogP contribution in [-0.4, -0.2) is 36.4 Å². The average molecular weight is 476 g/mol. The molecule has 174 valence electrons. The van der Waals surface area contributed by atoms with Crippen molar-refractivity contribution in [2.24, 2.45) is 5.11 Å². The van der Waals surface area contributed by atoms with E-state index in [9.17, 15) is 5.53 Å². The van der Waals surface area contributed by atoms with Crippen molar-refractivity contribution in [3.8, 4) is 0 Å². The molecule has 34 heavy (non-hydrogen) atoms. The van der Waals surface area contributed by atoms with Crippen molar-refractivity contribution in [2.45, 2.75) is 47.6 Å². The maximum atomic E-state index is 9.40. The number of rotatable bonds is 7. The molecule has 0 saturated carbocycles. The second-order valence-electron chi connectivity index (χ2n) is 8.11. The molecule has 8 heteroatoms. The SMILES string of the molecule is [N-]=[N+]=N[C@@H]1[C@@H](OCc2ccccc2)[C@H]2OC(c3ccccc3)OC[C@H]2O[C@H]1Sc1ccccc1. The van der Waals surface area contributed by atoms with E-state index < -0.39 is 30.0 Å². The molecule has 0 radical (unpaired) electrons. The van der Waals surface area contributed by atoms with Gasteiger partial charge in [-0.25, -0.2) is 0 Å². The first-order chi connectivity index (χ1) is 16.8. The van der Waals surface area contributed by atoms with Crippen LogP contribution in [0.25, 0.3) is 10.4 Å². The highest BCUT2D eigenvalue weighted by Gasteiger charge is 2.50. The molecule has 0 aliphatic carbocycles. The molecule has 2 aliphatic rings. The monoisotopic (exact) mass is 475 g/mol. The molecule has 2 saturated heterocycles. The van der Waals surface area contributed by atoms with E-state index in [-0.39, 0.29) is 6.10 Å². The van der Waals surface area contributed by atoms with Crippen molar-refractivity contribution >= 4 is 11.8 Å². The Morgan fingerprint density at radius 1 is 0.912 bits per heavy atom. The number of ether oxygens (including phenoxy) is 4. The van der Waals surface area contributed by atoms with Gasteiger partial charge in [-0.2, -0.15) is 0 Å². The molecule has 0 spiro atoms. The normalized spacial score (nSPS) is 28.5. The maximum Gasteiger partial charge on any atom is 0.184 e. The third-order valence-corrected chi connectivity index (χ3v) is 7.01. The highest BCUT2D eigenvalue weighted by atomic mass is 32.2. The van der Waals surface area contributed by atoms with E-state index in [0.717, 1.165) is 16.0 Å². The Morgan fingerprint density at radius 3 is 2.29 bits per heavy atom. The van der Waals surface area contributed by atoms with Crippen LogP contribution in [0.2, 0.25) is 0 Å². The zero-order chi connectivity index (χ0) is 23.2. The van der Waals surface area contributed by atoms with Crippen LogP contribution in [0.15, 0.2) is 101 Å². The summed E-state index contributed by atoms with van der Waals surface area (Å²) in [7, 11) is 0. The van der Waals surface area contributed by atoms with Crippen LogP contribution in [0.4, 0.5) is 0 Å². The minimum absolute atomic E-state index is 0.351. The zero-order valence-electron chi connectivity index (χ0n) is 18.4. The molecule has 5 rings (SSSR count). The summed E-state index contributed by atoms with van der Waals surface area (Å²) in [5.41, 5.74) is 10.9. The number of hydrogen-bond acceptors (Lipinski definition) is 6. The van der Waals surface area contributed by atoms with Crippen LogP contribution < -0.4 is 0 Å². The molecule has 2 aliphatic heterocycles. The predicted octanol–water partition coefficient (Wildman–Crippen LogP) is 5.88. The topological polar surface area (TPSA) is 85.7 Å². The van der Waals surface area contributed by atoms with E-state index >= 15 is 0 Å². The lowest BCUT2D eigenvalue weighted by molar-refractivity contribution is -0.311. The van der Waals surface area contributed by atoms with Crippen LogP contribution in [0.5, 0.6) is 0 Å². The molecule has 0 aromatic heterocycles. The van der Waals surface area contributed by atoms with E-state index in [4.69, 9.17) is 18.9 Å². The van der Waals surface area contributed by atoms with Crippen LogP contribution >= 0.6 is 11.8 Å². The lowest BCUT2D eigenvalue weighted by Crippen LogP contribution is -2.61. The van der Waals surface area contributed by atoms with Crippen molar-refractivity contribution in [1.29, 1.82) is 0 Å². The van der Waals surface area contributed by atoms with E-state index in [0.29, 0.717) is 13.2 Å². The average Bonchev–Trinajstić information content (AvgIpc) is 2.90. The third kappa shape index (κ3) is 5.28. The molecule has 0 bridgehead atoms. The summed E-state index contributed by atoms with van der Waals surface area (Å²) in [5, 5.41) is 4.13. The molecule has 7 nitrogen and oxygen atoms in total. The molecule has 6 atom stereocenters. The molecule has 2 fully saturated rings. The Kier molecular flexibility index (Phi) is 7.46. The predicted molar refractivity (Wildman–Crippen MR) is 129 cm³/mol. The largest absolute Gasteiger partial charge is 0.370 e. The van der Waals surface area contributed by atoms with Crippen molar-refractivity contribution in [1.82, 2.24) is 0 Å². The Hall–Kier alpha value is -2.84. The first kappa shape index (κ1) is 22.9. The van der Waals surface area contributed by atoms with Crippen LogP contribution in [-0.2, 0) is 25.6 Å². The zero-order valence-corrected chi connectivity index (χ0v) is 19.2. The summed E-state index contributed by atoms with van der Waals surface area (Å²) in [6, 6.07) is 29.0. The Bertz CT molecular complexity index is 1100. The molecular formula is C26H25N3O4S. The maximum absolute atomic E-state index is 9.40. The van der Waals surface area contributed by atoms with Crippen molar-refractivity contribution < 1.29 is 18.9 Å². The van der Waals surface area contributed by atoms with Gasteiger partial charge >= 0.3 is 0 Å². The first-order valence-electron chi connectivity index (χ1n) is 11.2. The molecule has 3 aromatic carbocycles. The quantitative estimate of drug-likeness (QED) is 0.242. The van der Waals surface area contributed by atoms with Gasteiger partial charge in [-0.3, -0.25) is 0 Å². The number of hydrogen-bond donors (Lipinski definition) is 0. The fraction of sp³-hybridized carbons (Fsp3) is 0.308. The van der Waals surface area contributed by atoms with Crippen LogP contribution in [0.1, 0.15) is 17.4 Å². The molecule has 0 N–H and O–H groups in total. The molecule has 3 aromatic rings. The number of fused-ring (bicyclic) bond motifs is 1. The number of azide groups is 1. The number of nitrogens with zero attached hydrogens (tertiary/aromatic N) is 3. The molecular weight excluding hydrogens is 450 g/mol. The lowest BCUT2D eigenvalue weighted by Gasteiger charge is -2.48. The van der Waals surface area contributed by atoms with Gasteiger partial charge in [-0.1, -0.05) is 95.7 Å². The van der Waals surface area contributed by atoms with E-state index in [1.807, 2.05) is 91.0 Å². The summed E-state index contributed by atoms with van der Waals surface area (Å²) < 4.78 is 25.2. The standard InChI is InChI=1S/C26H25N3O4S/c27-29-28-22-24(30-16-18-10-4-1-5-11-18)23-21(32-26(22)34-20-14-8-3-9-15-20)17-31-25(33-23)19-12-6-2-7-13-19/h1-15,21-26H,16-17H2/t21-,22-,23+,24-,25?,26+/m1/s1. The third-order valence-electron chi connectivity index (χ3n) is 5.84.